The van der Waals surface area contributed by atoms with Gasteiger partial charge in [-0.15, -0.1) is 0 Å². The van der Waals surface area contributed by atoms with Gasteiger partial charge in [-0.2, -0.15) is 5.21 Å². The van der Waals surface area contributed by atoms with Gasteiger partial charge in [0.25, 0.3) is 0 Å². The van der Waals surface area contributed by atoms with E-state index in [4.69, 9.17) is 0 Å². The van der Waals surface area contributed by atoms with E-state index in [-0.39, 0.29) is 5.48 Å². The Balaban J connectivity index is 0.000000401. The van der Waals surface area contributed by atoms with Crippen molar-refractivity contribution >= 4 is 28.5 Å². The van der Waals surface area contributed by atoms with E-state index in [1.54, 1.807) is 0 Å². The Bertz CT molecular complexity index is 943. The topological polar surface area (TPSA) is 84.3 Å². The van der Waals surface area contributed by atoms with E-state index in [0.717, 1.165) is 0 Å². The van der Waals surface area contributed by atoms with Crippen LogP contribution in [0.3, 0.4) is 0 Å². The molecule has 0 atom stereocenters. The Labute approximate surface area is 182 Å². The van der Waals surface area contributed by atoms with Crippen LogP contribution in [-0.4, -0.2) is 21.0 Å². The van der Waals surface area contributed by atoms with Gasteiger partial charge in [0.2, 0.25) is 0 Å². The Kier molecular flexibility index (Phi) is 7.77. The van der Waals surface area contributed by atoms with Crippen LogP contribution in [0.1, 0.15) is 0 Å². The van der Waals surface area contributed by atoms with Crippen LogP contribution in [-0.2, 0) is 0 Å². The maximum absolute atomic E-state index is 3.25. The number of nitrogens with zero attached hydrogens (tertiary/aromatic N) is 4. The molecule has 4 aromatic carbocycles. The van der Waals surface area contributed by atoms with Gasteiger partial charge in [0, 0.05) is 0 Å². The molecule has 0 bridgehead atoms. The summed E-state index contributed by atoms with van der Waals surface area (Å²) in [6, 6.07) is 43.8. The summed E-state index contributed by atoms with van der Waals surface area (Å²) < 4.78 is 0. The molecule has 31 heavy (non-hydrogen) atoms. The Morgan fingerprint density at radius 3 is 1.00 bits per heavy atom. The molecule has 5 aromatic rings. The van der Waals surface area contributed by atoms with E-state index in [0.29, 0.717) is 0 Å². The Hall–Kier alpha value is -3.66. The fourth-order valence-corrected chi connectivity index (χ4v) is 7.88. The third-order valence-corrected chi connectivity index (χ3v) is 9.11. The molecule has 5 rings (SSSR count). The molecule has 0 amide bonds. The van der Waals surface area contributed by atoms with Crippen LogP contribution in [0.25, 0.3) is 0 Å². The van der Waals surface area contributed by atoms with E-state index in [2.05, 4.69) is 142 Å². The highest BCUT2D eigenvalue weighted by Crippen LogP contribution is 2.53. The Morgan fingerprint density at radius 2 is 0.806 bits per heavy atom. The van der Waals surface area contributed by atoms with Crippen molar-refractivity contribution in [1.82, 2.24) is 20.6 Å². The van der Waals surface area contributed by atoms with Gasteiger partial charge in [0.15, 0.2) is 0 Å². The number of hydrogen-bond acceptors (Lipinski definition) is 3. The van der Waals surface area contributed by atoms with Gasteiger partial charge in [-0.25, -0.2) is 0 Å². The molecule has 154 valence electrons. The molecule has 0 fully saturated rings. The van der Waals surface area contributed by atoms with Crippen molar-refractivity contribution in [2.45, 2.75) is 0 Å². The lowest BCUT2D eigenvalue weighted by atomic mass is 10.3. The minimum Gasteiger partial charge on any atom is -0.412 e. The predicted octanol–water partition coefficient (Wildman–Crippen LogP) is 2.31. The van der Waals surface area contributed by atoms with Crippen LogP contribution in [0.2, 0.25) is 0 Å². The predicted molar refractivity (Wildman–Crippen MR) is 128 cm³/mol. The summed E-state index contributed by atoms with van der Waals surface area (Å²) in [6.45, 7) is 0. The number of hydrogen-bond donors (Lipinski definition) is 0. The first-order chi connectivity index (χ1) is 14.9. The number of benzene rings is 4. The van der Waals surface area contributed by atoms with E-state index < -0.39 is 7.26 Å². The molecule has 0 saturated carbocycles. The van der Waals surface area contributed by atoms with Crippen LogP contribution in [0.5, 0.6) is 0 Å². The summed E-state index contributed by atoms with van der Waals surface area (Å²) in [5, 5.41) is 18.3. The highest BCUT2D eigenvalue weighted by Gasteiger charge is 2.47. The van der Waals surface area contributed by atoms with Gasteiger partial charge in [-0.05, 0) is 54.9 Å². The lowest BCUT2D eigenvalue weighted by Gasteiger charge is -2.27. The molecule has 0 unspecified atom stereocenters. The van der Waals surface area contributed by atoms with E-state index in [1.165, 1.54) is 27.5 Å². The molecule has 5 nitrogen and oxygen atoms in total. The zero-order valence-corrected chi connectivity index (χ0v) is 17.8. The first kappa shape index (κ1) is 22.0. The van der Waals surface area contributed by atoms with Crippen LogP contribution >= 0.6 is 7.26 Å². The second kappa shape index (κ2) is 10.9. The summed E-state index contributed by atoms with van der Waals surface area (Å²) in [4.78, 5) is 0. The molecule has 0 aliphatic carbocycles. The molecule has 0 spiro atoms. The highest BCUT2D eigenvalue weighted by atomic mass is 31.2. The van der Waals surface area contributed by atoms with Crippen molar-refractivity contribution in [2.24, 2.45) is 0 Å². The quantitative estimate of drug-likeness (QED) is 0.413. The SMILES string of the molecule is O.c1ccc([P+](c2ccccc2)(c2ccccc2)c2ccccc2)cc1.c1nnn[n-]1. The van der Waals surface area contributed by atoms with Crippen LogP contribution < -0.4 is 26.3 Å². The summed E-state index contributed by atoms with van der Waals surface area (Å²) in [7, 11) is -1.91. The maximum Gasteiger partial charge on any atom is 0.144 e. The first-order valence-corrected chi connectivity index (χ1v) is 11.4. The molecular weight excluding hydrogens is 403 g/mol. The van der Waals surface area contributed by atoms with Crippen LogP contribution in [0.15, 0.2) is 128 Å². The van der Waals surface area contributed by atoms with Gasteiger partial charge >= 0.3 is 0 Å². The fraction of sp³-hybridized carbons (Fsp3) is 0. The standard InChI is InChI=1S/C24H20P.CHN4.H2O/c1-5-13-21(14-6-1)25(22-15-7-2-8-16-22,23-17-9-3-10-18-23)24-19-11-4-12-20-24;1-2-4-5-3-1;/h1-20H;1H;1H2/q+1;-1;. The maximum atomic E-state index is 3.25. The smallest absolute Gasteiger partial charge is 0.144 e. The average Bonchev–Trinajstić information content (AvgIpc) is 3.43. The number of rotatable bonds is 4. The molecule has 2 N–H and O–H groups in total. The van der Waals surface area contributed by atoms with Crippen molar-refractivity contribution in [3.05, 3.63) is 128 Å². The second-order valence-electron chi connectivity index (χ2n) is 6.54. The normalized spacial score (nSPS) is 10.3. The van der Waals surface area contributed by atoms with Gasteiger partial charge in [-0.1, -0.05) is 72.8 Å². The summed E-state index contributed by atoms with van der Waals surface area (Å²) in [5.41, 5.74) is 0. The minimum absolute atomic E-state index is 0. The highest BCUT2D eigenvalue weighted by molar-refractivity contribution is 8.01. The summed E-state index contributed by atoms with van der Waals surface area (Å²) in [5.74, 6) is 0. The number of tetrazole rings is 1. The van der Waals surface area contributed by atoms with Crippen molar-refractivity contribution in [1.29, 1.82) is 0 Å². The van der Waals surface area contributed by atoms with E-state index >= 15 is 0 Å². The second-order valence-corrected chi connectivity index (χ2v) is 9.95. The summed E-state index contributed by atoms with van der Waals surface area (Å²) in [6.07, 6.45) is 1.28. The monoisotopic (exact) mass is 426 g/mol. The van der Waals surface area contributed by atoms with Crippen molar-refractivity contribution in [3.8, 4) is 0 Å². The van der Waals surface area contributed by atoms with E-state index in [1.807, 2.05) is 0 Å². The van der Waals surface area contributed by atoms with Crippen LogP contribution in [0.4, 0.5) is 0 Å². The molecule has 0 aliphatic rings. The van der Waals surface area contributed by atoms with E-state index in [9.17, 15) is 0 Å². The summed E-state index contributed by atoms with van der Waals surface area (Å²) >= 11 is 0. The third-order valence-electron chi connectivity index (χ3n) is 4.82. The molecule has 1 aromatic heterocycles. The van der Waals surface area contributed by atoms with Gasteiger partial charge in [0.05, 0.1) is 0 Å². The molecule has 1 heterocycles. The van der Waals surface area contributed by atoms with Gasteiger partial charge in [-0.3, -0.25) is 10.3 Å². The van der Waals surface area contributed by atoms with Crippen molar-refractivity contribution in [2.75, 3.05) is 0 Å². The lowest BCUT2D eigenvalue weighted by molar-refractivity contribution is 0.824. The minimum atomic E-state index is -1.91. The fourth-order valence-electron chi connectivity index (χ4n) is 3.62. The first-order valence-electron chi connectivity index (χ1n) is 9.65. The molecule has 0 aliphatic heterocycles. The molecule has 0 saturated heterocycles. The lowest BCUT2D eigenvalue weighted by Crippen LogP contribution is -2.38. The van der Waals surface area contributed by atoms with Crippen molar-refractivity contribution < 1.29 is 5.48 Å². The average molecular weight is 426 g/mol. The van der Waals surface area contributed by atoms with Gasteiger partial charge in [0.1, 0.15) is 28.5 Å². The molecular formula is C25H23N4OP. The zero-order chi connectivity index (χ0) is 20.5. The third kappa shape index (κ3) is 4.75. The van der Waals surface area contributed by atoms with Crippen LogP contribution in [0, 0.1) is 0 Å². The molecule has 0 radical (unpaired) electrons. The van der Waals surface area contributed by atoms with Gasteiger partial charge < -0.3 is 10.6 Å². The largest absolute Gasteiger partial charge is 0.412 e. The Morgan fingerprint density at radius 1 is 0.484 bits per heavy atom. The number of aromatic nitrogens is 4. The zero-order valence-electron chi connectivity index (χ0n) is 16.9. The van der Waals surface area contributed by atoms with Crippen molar-refractivity contribution in [3.63, 3.8) is 0 Å². The molecule has 6 heteroatoms.